The second kappa shape index (κ2) is 7.29. The Labute approximate surface area is 147 Å². The SMILES string of the molecule is CC(C)c1n[nH]c(=S)n1CCNc1c(Cl)cc([N+](=O)[O-])cc1Cl. The van der Waals surface area contributed by atoms with Gasteiger partial charge in [0.2, 0.25) is 0 Å². The molecular formula is C13H15Cl2N5O2S. The molecule has 1 heterocycles. The Hall–Kier alpha value is -1.64. The zero-order chi connectivity index (χ0) is 17.1. The van der Waals surface area contributed by atoms with Gasteiger partial charge in [0.25, 0.3) is 5.69 Å². The van der Waals surface area contributed by atoms with Gasteiger partial charge in [-0.05, 0) is 12.2 Å². The van der Waals surface area contributed by atoms with Crippen LogP contribution in [0.1, 0.15) is 25.6 Å². The average molecular weight is 376 g/mol. The van der Waals surface area contributed by atoms with Crippen molar-refractivity contribution in [2.24, 2.45) is 0 Å². The molecule has 1 aromatic heterocycles. The summed E-state index contributed by atoms with van der Waals surface area (Å²) in [6.45, 7) is 5.11. The maximum Gasteiger partial charge on any atom is 0.272 e. The van der Waals surface area contributed by atoms with E-state index in [1.807, 2.05) is 18.4 Å². The summed E-state index contributed by atoms with van der Waals surface area (Å²) in [7, 11) is 0. The molecule has 0 saturated carbocycles. The number of nitrogens with one attached hydrogen (secondary N) is 2. The van der Waals surface area contributed by atoms with E-state index in [0.717, 1.165) is 5.82 Å². The summed E-state index contributed by atoms with van der Waals surface area (Å²) in [4.78, 5) is 10.2. The van der Waals surface area contributed by atoms with Crippen molar-refractivity contribution >= 4 is 46.8 Å². The van der Waals surface area contributed by atoms with Crippen LogP contribution in [0.5, 0.6) is 0 Å². The largest absolute Gasteiger partial charge is 0.381 e. The van der Waals surface area contributed by atoms with E-state index in [4.69, 9.17) is 35.4 Å². The summed E-state index contributed by atoms with van der Waals surface area (Å²) in [6.07, 6.45) is 0. The summed E-state index contributed by atoms with van der Waals surface area (Å²) in [5.41, 5.74) is 0.310. The molecule has 10 heteroatoms. The molecule has 1 aromatic carbocycles. The molecule has 0 aliphatic carbocycles. The van der Waals surface area contributed by atoms with E-state index < -0.39 is 4.92 Å². The van der Waals surface area contributed by atoms with E-state index in [0.29, 0.717) is 23.5 Å². The van der Waals surface area contributed by atoms with E-state index in [9.17, 15) is 10.1 Å². The van der Waals surface area contributed by atoms with Crippen molar-refractivity contribution < 1.29 is 4.92 Å². The molecule has 0 aliphatic rings. The predicted octanol–water partition coefficient (Wildman–Crippen LogP) is 4.39. The third kappa shape index (κ3) is 4.01. The molecule has 2 N–H and O–H groups in total. The zero-order valence-electron chi connectivity index (χ0n) is 12.5. The fourth-order valence-electron chi connectivity index (χ4n) is 2.11. The number of anilines is 1. The van der Waals surface area contributed by atoms with Gasteiger partial charge in [-0.25, -0.2) is 0 Å². The molecule has 0 spiro atoms. The second-order valence-electron chi connectivity index (χ2n) is 5.16. The molecule has 0 unspecified atom stereocenters. The quantitative estimate of drug-likeness (QED) is 0.443. The number of aromatic nitrogens is 3. The van der Waals surface area contributed by atoms with Crippen LogP contribution in [-0.2, 0) is 6.54 Å². The van der Waals surface area contributed by atoms with Gasteiger partial charge in [0.15, 0.2) is 4.77 Å². The molecule has 7 nitrogen and oxygen atoms in total. The number of hydrogen-bond acceptors (Lipinski definition) is 5. The number of nitrogens with zero attached hydrogens (tertiary/aromatic N) is 3. The molecule has 0 aliphatic heterocycles. The van der Waals surface area contributed by atoms with E-state index in [2.05, 4.69) is 15.5 Å². The van der Waals surface area contributed by atoms with Crippen LogP contribution in [0, 0.1) is 14.9 Å². The second-order valence-corrected chi connectivity index (χ2v) is 6.36. The van der Waals surface area contributed by atoms with Crippen LogP contribution in [-0.4, -0.2) is 26.2 Å². The highest BCUT2D eigenvalue weighted by Gasteiger charge is 2.15. The lowest BCUT2D eigenvalue weighted by Gasteiger charge is -2.12. The van der Waals surface area contributed by atoms with Crippen LogP contribution < -0.4 is 5.32 Å². The molecule has 0 radical (unpaired) electrons. The van der Waals surface area contributed by atoms with E-state index in [-0.39, 0.29) is 21.7 Å². The van der Waals surface area contributed by atoms with Crippen molar-refractivity contribution in [1.82, 2.24) is 14.8 Å². The van der Waals surface area contributed by atoms with Crippen molar-refractivity contribution in [2.45, 2.75) is 26.3 Å². The highest BCUT2D eigenvalue weighted by molar-refractivity contribution is 7.71. The monoisotopic (exact) mass is 375 g/mol. The van der Waals surface area contributed by atoms with Crippen LogP contribution in [0.4, 0.5) is 11.4 Å². The third-order valence-corrected chi connectivity index (χ3v) is 4.09. The van der Waals surface area contributed by atoms with Crippen molar-refractivity contribution in [2.75, 3.05) is 11.9 Å². The number of nitro benzene ring substituents is 1. The zero-order valence-corrected chi connectivity index (χ0v) is 14.8. The van der Waals surface area contributed by atoms with Crippen molar-refractivity contribution in [3.8, 4) is 0 Å². The number of nitro groups is 1. The van der Waals surface area contributed by atoms with Crippen molar-refractivity contribution in [3.05, 3.63) is 42.9 Å². The Kier molecular flexibility index (Phi) is 5.61. The molecule has 124 valence electrons. The summed E-state index contributed by atoms with van der Waals surface area (Å²) >= 11 is 17.3. The number of H-pyrrole nitrogens is 1. The third-order valence-electron chi connectivity index (χ3n) is 3.18. The standard InChI is InChI=1S/C13H15Cl2N5O2S/c1-7(2)12-17-18-13(23)19(12)4-3-16-11-9(14)5-8(20(21)22)6-10(11)15/h5-7,16H,3-4H2,1-2H3,(H,18,23). The lowest BCUT2D eigenvalue weighted by atomic mass is 10.2. The fourth-order valence-corrected chi connectivity index (χ4v) is 2.95. The average Bonchev–Trinajstić information content (AvgIpc) is 2.83. The van der Waals surface area contributed by atoms with Gasteiger partial charge in [-0.2, -0.15) is 5.10 Å². The van der Waals surface area contributed by atoms with Crippen LogP contribution >= 0.6 is 35.4 Å². The van der Waals surface area contributed by atoms with Gasteiger partial charge >= 0.3 is 0 Å². The first-order valence-corrected chi connectivity index (χ1v) is 8.00. The van der Waals surface area contributed by atoms with Gasteiger partial charge in [0, 0.05) is 31.1 Å². The summed E-state index contributed by atoms with van der Waals surface area (Å²) in [5, 5.41) is 21.2. The molecule has 2 rings (SSSR count). The first-order valence-electron chi connectivity index (χ1n) is 6.83. The van der Waals surface area contributed by atoms with Crippen LogP contribution in [0.25, 0.3) is 0 Å². The molecule has 2 aromatic rings. The fraction of sp³-hybridized carbons (Fsp3) is 0.385. The highest BCUT2D eigenvalue weighted by Crippen LogP contribution is 2.34. The molecule has 0 bridgehead atoms. The predicted molar refractivity (Wildman–Crippen MR) is 93.1 cm³/mol. The lowest BCUT2D eigenvalue weighted by Crippen LogP contribution is -2.14. The first kappa shape index (κ1) is 17.7. The molecule has 0 fully saturated rings. The first-order chi connectivity index (χ1) is 10.8. The van der Waals surface area contributed by atoms with Crippen LogP contribution in [0.15, 0.2) is 12.1 Å². The molecular weight excluding hydrogens is 361 g/mol. The lowest BCUT2D eigenvalue weighted by molar-refractivity contribution is -0.384. The smallest absolute Gasteiger partial charge is 0.272 e. The number of halogens is 2. The Morgan fingerprint density at radius 2 is 2.04 bits per heavy atom. The van der Waals surface area contributed by atoms with Crippen molar-refractivity contribution in [1.29, 1.82) is 0 Å². The number of hydrogen-bond donors (Lipinski definition) is 2. The number of aromatic amines is 1. The molecule has 23 heavy (non-hydrogen) atoms. The minimum absolute atomic E-state index is 0.148. The van der Waals surface area contributed by atoms with Crippen LogP contribution in [0.3, 0.4) is 0 Å². The summed E-state index contributed by atoms with van der Waals surface area (Å²) < 4.78 is 2.43. The highest BCUT2D eigenvalue weighted by atomic mass is 35.5. The normalized spacial score (nSPS) is 11.0. The van der Waals surface area contributed by atoms with Gasteiger partial charge < -0.3 is 9.88 Å². The van der Waals surface area contributed by atoms with E-state index in [1.165, 1.54) is 12.1 Å². The maximum absolute atomic E-state index is 10.8. The maximum atomic E-state index is 10.8. The Bertz CT molecular complexity index is 764. The van der Waals surface area contributed by atoms with Crippen LogP contribution in [0.2, 0.25) is 10.0 Å². The Morgan fingerprint density at radius 3 is 2.57 bits per heavy atom. The number of rotatable bonds is 6. The molecule has 0 atom stereocenters. The topological polar surface area (TPSA) is 88.8 Å². The Morgan fingerprint density at radius 1 is 1.43 bits per heavy atom. The van der Waals surface area contributed by atoms with E-state index >= 15 is 0 Å². The van der Waals surface area contributed by atoms with Gasteiger partial charge in [0.1, 0.15) is 5.82 Å². The van der Waals surface area contributed by atoms with Crippen molar-refractivity contribution in [3.63, 3.8) is 0 Å². The van der Waals surface area contributed by atoms with Gasteiger partial charge in [0.05, 0.1) is 20.7 Å². The summed E-state index contributed by atoms with van der Waals surface area (Å²) in [6, 6.07) is 2.53. The molecule has 0 amide bonds. The van der Waals surface area contributed by atoms with Gasteiger partial charge in [-0.1, -0.05) is 37.0 Å². The number of benzene rings is 1. The summed E-state index contributed by atoms with van der Waals surface area (Å²) in [5.74, 6) is 1.09. The minimum atomic E-state index is -0.540. The number of non-ortho nitro benzene ring substituents is 1. The van der Waals surface area contributed by atoms with Gasteiger partial charge in [-0.15, -0.1) is 0 Å². The Balaban J connectivity index is 2.12. The molecule has 0 saturated heterocycles. The van der Waals surface area contributed by atoms with Gasteiger partial charge in [-0.3, -0.25) is 15.2 Å². The minimum Gasteiger partial charge on any atom is -0.381 e. The van der Waals surface area contributed by atoms with E-state index in [1.54, 1.807) is 0 Å².